The van der Waals surface area contributed by atoms with E-state index in [0.29, 0.717) is 11.6 Å². The summed E-state index contributed by atoms with van der Waals surface area (Å²) in [6.45, 7) is 0. The number of nitrogen functional groups attached to an aromatic ring is 1. The molecule has 0 saturated heterocycles. The maximum absolute atomic E-state index is 11.4. The Kier molecular flexibility index (Phi) is 3.39. The van der Waals surface area contributed by atoms with Crippen LogP contribution >= 0.6 is 11.3 Å². The standard InChI is InChI=1S/C12H16N4O2S2/c1-20(17,18)6-9-14-11(16-13)10-7-4-2-3-5-8(7)19-12(10)15-9/h2-6,13H2,1H3,(H,14,15,16). The molecule has 2 heterocycles. The number of nitrogens with one attached hydrogen (secondary N) is 1. The van der Waals surface area contributed by atoms with Gasteiger partial charge < -0.3 is 5.43 Å². The number of hydrazine groups is 1. The van der Waals surface area contributed by atoms with Crippen molar-refractivity contribution in [2.24, 2.45) is 5.84 Å². The summed E-state index contributed by atoms with van der Waals surface area (Å²) >= 11 is 1.63. The molecule has 108 valence electrons. The summed E-state index contributed by atoms with van der Waals surface area (Å²) in [4.78, 5) is 10.8. The summed E-state index contributed by atoms with van der Waals surface area (Å²) in [6, 6.07) is 0. The van der Waals surface area contributed by atoms with Crippen LogP contribution in [-0.2, 0) is 28.4 Å². The Balaban J connectivity index is 2.19. The Hall–Kier alpha value is -1.25. The van der Waals surface area contributed by atoms with Gasteiger partial charge in [-0.1, -0.05) is 0 Å². The molecule has 0 aliphatic heterocycles. The van der Waals surface area contributed by atoms with Gasteiger partial charge in [0, 0.05) is 11.1 Å². The van der Waals surface area contributed by atoms with Crippen molar-refractivity contribution in [2.45, 2.75) is 31.4 Å². The number of anilines is 1. The molecule has 0 amide bonds. The van der Waals surface area contributed by atoms with Gasteiger partial charge in [0.1, 0.15) is 16.4 Å². The zero-order chi connectivity index (χ0) is 14.3. The number of hydrogen-bond donors (Lipinski definition) is 2. The van der Waals surface area contributed by atoms with Crippen LogP contribution in [0, 0.1) is 0 Å². The third kappa shape index (κ3) is 2.50. The van der Waals surface area contributed by atoms with E-state index >= 15 is 0 Å². The van der Waals surface area contributed by atoms with Crippen LogP contribution in [0.1, 0.15) is 29.1 Å². The van der Waals surface area contributed by atoms with E-state index < -0.39 is 9.84 Å². The molecular formula is C12H16N4O2S2. The summed E-state index contributed by atoms with van der Waals surface area (Å²) in [7, 11) is -3.16. The normalized spacial score (nSPS) is 15.3. The summed E-state index contributed by atoms with van der Waals surface area (Å²) in [5.74, 6) is 6.22. The first kappa shape index (κ1) is 13.7. The van der Waals surface area contributed by atoms with Crippen LogP contribution in [0.15, 0.2) is 0 Å². The molecule has 0 spiro atoms. The highest BCUT2D eigenvalue weighted by Gasteiger charge is 2.21. The molecule has 0 bridgehead atoms. The smallest absolute Gasteiger partial charge is 0.154 e. The van der Waals surface area contributed by atoms with Gasteiger partial charge in [-0.25, -0.2) is 24.2 Å². The monoisotopic (exact) mass is 312 g/mol. The van der Waals surface area contributed by atoms with Gasteiger partial charge in [0.25, 0.3) is 0 Å². The summed E-state index contributed by atoms with van der Waals surface area (Å²) in [6.07, 6.45) is 5.60. The van der Waals surface area contributed by atoms with Crippen molar-refractivity contribution >= 4 is 37.2 Å². The van der Waals surface area contributed by atoms with Gasteiger partial charge in [0.15, 0.2) is 15.7 Å². The molecule has 6 nitrogen and oxygen atoms in total. The van der Waals surface area contributed by atoms with Crippen LogP contribution in [0.2, 0.25) is 0 Å². The quantitative estimate of drug-likeness (QED) is 0.656. The molecule has 1 aliphatic carbocycles. The zero-order valence-electron chi connectivity index (χ0n) is 11.1. The van der Waals surface area contributed by atoms with Gasteiger partial charge in [-0.15, -0.1) is 11.3 Å². The van der Waals surface area contributed by atoms with E-state index in [1.165, 1.54) is 23.1 Å². The van der Waals surface area contributed by atoms with E-state index in [1.807, 2.05) is 0 Å². The molecular weight excluding hydrogens is 296 g/mol. The molecule has 1 aliphatic rings. The SMILES string of the molecule is CS(=O)(=O)Cc1nc(NN)c2c3c(sc2n1)CCCC3. The minimum atomic E-state index is -3.16. The fourth-order valence-corrected chi connectivity index (χ4v) is 4.48. The minimum absolute atomic E-state index is 0.166. The fraction of sp³-hybridized carbons (Fsp3) is 0.500. The molecule has 8 heteroatoms. The van der Waals surface area contributed by atoms with E-state index in [-0.39, 0.29) is 5.75 Å². The second-order valence-electron chi connectivity index (χ2n) is 5.09. The van der Waals surface area contributed by atoms with E-state index in [9.17, 15) is 8.42 Å². The third-order valence-corrected chi connectivity index (χ3v) is 5.36. The highest BCUT2D eigenvalue weighted by molar-refractivity contribution is 7.89. The average Bonchev–Trinajstić information content (AvgIpc) is 2.73. The van der Waals surface area contributed by atoms with Crippen LogP contribution < -0.4 is 11.3 Å². The van der Waals surface area contributed by atoms with Crippen molar-refractivity contribution in [3.8, 4) is 0 Å². The van der Waals surface area contributed by atoms with Crippen molar-refractivity contribution in [3.05, 3.63) is 16.3 Å². The predicted molar refractivity (Wildman–Crippen MR) is 80.4 cm³/mol. The lowest BCUT2D eigenvalue weighted by atomic mass is 9.97. The summed E-state index contributed by atoms with van der Waals surface area (Å²) < 4.78 is 22.8. The Morgan fingerprint density at radius 2 is 2.05 bits per heavy atom. The largest absolute Gasteiger partial charge is 0.308 e. The van der Waals surface area contributed by atoms with Crippen molar-refractivity contribution < 1.29 is 8.42 Å². The fourth-order valence-electron chi connectivity index (χ4n) is 2.61. The topological polar surface area (TPSA) is 98.0 Å². The van der Waals surface area contributed by atoms with Crippen molar-refractivity contribution in [1.29, 1.82) is 0 Å². The molecule has 0 unspecified atom stereocenters. The van der Waals surface area contributed by atoms with E-state index in [4.69, 9.17) is 5.84 Å². The maximum atomic E-state index is 11.4. The summed E-state index contributed by atoms with van der Waals surface area (Å²) in [5, 5.41) is 0.962. The number of hydrogen-bond acceptors (Lipinski definition) is 7. The van der Waals surface area contributed by atoms with Crippen LogP contribution in [-0.4, -0.2) is 24.6 Å². The van der Waals surface area contributed by atoms with Gasteiger partial charge in [-0.3, -0.25) is 0 Å². The lowest BCUT2D eigenvalue weighted by Gasteiger charge is -2.11. The van der Waals surface area contributed by atoms with Crippen molar-refractivity contribution in [3.63, 3.8) is 0 Å². The van der Waals surface area contributed by atoms with Gasteiger partial charge >= 0.3 is 0 Å². The highest BCUT2D eigenvalue weighted by Crippen LogP contribution is 2.38. The Bertz CT molecular complexity index is 767. The number of rotatable bonds is 3. The number of fused-ring (bicyclic) bond motifs is 3. The average molecular weight is 312 g/mol. The molecule has 0 radical (unpaired) electrons. The van der Waals surface area contributed by atoms with Gasteiger partial charge in [-0.05, 0) is 31.2 Å². The summed E-state index contributed by atoms with van der Waals surface area (Å²) in [5.41, 5.74) is 3.87. The van der Waals surface area contributed by atoms with E-state index in [1.54, 1.807) is 11.3 Å². The number of nitrogens with two attached hydrogens (primary N) is 1. The molecule has 0 atom stereocenters. The molecule has 0 fully saturated rings. The van der Waals surface area contributed by atoms with Crippen LogP contribution in [0.3, 0.4) is 0 Å². The van der Waals surface area contributed by atoms with Crippen molar-refractivity contribution in [1.82, 2.24) is 9.97 Å². The minimum Gasteiger partial charge on any atom is -0.308 e. The Morgan fingerprint density at radius 3 is 2.75 bits per heavy atom. The number of thiophene rings is 1. The van der Waals surface area contributed by atoms with Gasteiger partial charge in [0.2, 0.25) is 0 Å². The van der Waals surface area contributed by atoms with Crippen LogP contribution in [0.4, 0.5) is 5.82 Å². The predicted octanol–water partition coefficient (Wildman–Crippen LogP) is 1.40. The number of sulfone groups is 1. The number of nitrogens with zero attached hydrogens (tertiary/aromatic N) is 2. The third-order valence-electron chi connectivity index (χ3n) is 3.39. The second-order valence-corrected chi connectivity index (χ2v) is 8.32. The van der Waals surface area contributed by atoms with Crippen LogP contribution in [0.5, 0.6) is 0 Å². The lowest BCUT2D eigenvalue weighted by molar-refractivity contribution is 0.600. The van der Waals surface area contributed by atoms with E-state index in [0.717, 1.165) is 29.5 Å². The molecule has 2 aromatic rings. The second kappa shape index (κ2) is 4.94. The first-order valence-electron chi connectivity index (χ1n) is 6.43. The molecule has 3 N–H and O–H groups in total. The number of aryl methyl sites for hydroxylation is 2. The first-order valence-corrected chi connectivity index (χ1v) is 9.31. The lowest BCUT2D eigenvalue weighted by Crippen LogP contribution is -2.13. The molecule has 20 heavy (non-hydrogen) atoms. The van der Waals surface area contributed by atoms with E-state index in [2.05, 4.69) is 15.4 Å². The number of aromatic nitrogens is 2. The van der Waals surface area contributed by atoms with Gasteiger partial charge in [-0.2, -0.15) is 0 Å². The highest BCUT2D eigenvalue weighted by atomic mass is 32.2. The first-order chi connectivity index (χ1) is 9.48. The Morgan fingerprint density at radius 1 is 1.30 bits per heavy atom. The Labute approximate surface area is 121 Å². The molecule has 3 rings (SSSR count). The van der Waals surface area contributed by atoms with Crippen LogP contribution in [0.25, 0.3) is 10.2 Å². The molecule has 0 aromatic carbocycles. The van der Waals surface area contributed by atoms with Crippen molar-refractivity contribution in [2.75, 3.05) is 11.7 Å². The molecule has 2 aromatic heterocycles. The maximum Gasteiger partial charge on any atom is 0.154 e. The molecule has 0 saturated carbocycles. The van der Waals surface area contributed by atoms with Gasteiger partial charge in [0.05, 0.1) is 5.39 Å². The zero-order valence-corrected chi connectivity index (χ0v) is 12.8.